The summed E-state index contributed by atoms with van der Waals surface area (Å²) in [6, 6.07) is 1.93. The normalized spacial score (nSPS) is 23.7. The number of rotatable bonds is 4. The van der Waals surface area contributed by atoms with Gasteiger partial charge >= 0.3 is 0 Å². The zero-order valence-corrected chi connectivity index (χ0v) is 10.2. The highest BCUT2D eigenvalue weighted by molar-refractivity contribution is 7.92. The van der Waals surface area contributed by atoms with E-state index >= 15 is 0 Å². The van der Waals surface area contributed by atoms with E-state index in [1.165, 1.54) is 0 Å². The van der Waals surface area contributed by atoms with Gasteiger partial charge in [-0.05, 0) is 18.9 Å². The van der Waals surface area contributed by atoms with Gasteiger partial charge in [0.25, 0.3) is 0 Å². The first-order valence-electron chi connectivity index (χ1n) is 5.49. The molecule has 1 N–H and O–H groups in total. The van der Waals surface area contributed by atoms with Crippen molar-refractivity contribution in [2.75, 3.05) is 12.3 Å². The van der Waals surface area contributed by atoms with Crippen molar-refractivity contribution in [2.24, 2.45) is 7.05 Å². The third-order valence-electron chi connectivity index (χ3n) is 3.06. The van der Waals surface area contributed by atoms with E-state index in [2.05, 4.69) is 10.4 Å². The molecule has 0 amide bonds. The molecule has 0 radical (unpaired) electrons. The molecule has 0 bridgehead atoms. The molecule has 1 aliphatic heterocycles. The van der Waals surface area contributed by atoms with Gasteiger partial charge in [0.1, 0.15) is 0 Å². The third-order valence-corrected chi connectivity index (χ3v) is 5.34. The Hall–Kier alpha value is -0.880. The van der Waals surface area contributed by atoms with E-state index in [4.69, 9.17) is 0 Å². The van der Waals surface area contributed by atoms with E-state index in [0.717, 1.165) is 18.5 Å². The second-order valence-electron chi connectivity index (χ2n) is 4.21. The number of sulfone groups is 1. The predicted molar refractivity (Wildman–Crippen MR) is 61.7 cm³/mol. The van der Waals surface area contributed by atoms with Gasteiger partial charge in [-0.1, -0.05) is 0 Å². The number of nitrogens with zero attached hydrogens (tertiary/aromatic N) is 2. The van der Waals surface area contributed by atoms with Gasteiger partial charge < -0.3 is 5.32 Å². The first-order chi connectivity index (χ1) is 7.59. The number of hydrogen-bond acceptors (Lipinski definition) is 4. The maximum atomic E-state index is 11.6. The minimum Gasteiger partial charge on any atom is -0.310 e. The molecule has 1 atom stereocenters. The molecule has 1 aromatic heterocycles. The van der Waals surface area contributed by atoms with Crippen molar-refractivity contribution in [3.05, 3.63) is 18.0 Å². The fourth-order valence-corrected chi connectivity index (χ4v) is 3.82. The average Bonchev–Trinajstić information content (AvgIpc) is 2.75. The summed E-state index contributed by atoms with van der Waals surface area (Å²) in [5.74, 6) is 0.352. The summed E-state index contributed by atoms with van der Waals surface area (Å²) in [5.41, 5.74) is 1.07. The van der Waals surface area contributed by atoms with E-state index in [1.54, 1.807) is 10.9 Å². The molecule has 90 valence electrons. The molecule has 2 rings (SSSR count). The van der Waals surface area contributed by atoms with Gasteiger partial charge in [-0.3, -0.25) is 4.68 Å². The molecule has 1 aromatic rings. The summed E-state index contributed by atoms with van der Waals surface area (Å²) in [6.07, 6.45) is 3.34. The Kier molecular flexibility index (Phi) is 3.30. The lowest BCUT2D eigenvalue weighted by atomic mass is 10.2. The van der Waals surface area contributed by atoms with Gasteiger partial charge in [0, 0.05) is 26.3 Å². The van der Waals surface area contributed by atoms with E-state index < -0.39 is 9.84 Å². The fourth-order valence-electron chi connectivity index (χ4n) is 2.02. The molecule has 2 heterocycles. The van der Waals surface area contributed by atoms with Crippen LogP contribution in [0.1, 0.15) is 18.5 Å². The van der Waals surface area contributed by atoms with E-state index in [9.17, 15) is 8.42 Å². The fraction of sp³-hybridized carbons (Fsp3) is 0.700. The van der Waals surface area contributed by atoms with E-state index in [0.29, 0.717) is 18.8 Å². The maximum Gasteiger partial charge on any atom is 0.154 e. The molecule has 0 spiro atoms. The minimum absolute atomic E-state index is 0.194. The van der Waals surface area contributed by atoms with Crippen LogP contribution in [0, 0.1) is 0 Å². The number of nitrogens with one attached hydrogen (secondary N) is 1. The molecule has 0 aromatic carbocycles. The Balaban J connectivity index is 1.83. The Labute approximate surface area is 95.8 Å². The van der Waals surface area contributed by atoms with Crippen LogP contribution < -0.4 is 5.32 Å². The van der Waals surface area contributed by atoms with Crippen molar-refractivity contribution in [3.8, 4) is 0 Å². The van der Waals surface area contributed by atoms with Gasteiger partial charge in [-0.25, -0.2) is 8.42 Å². The predicted octanol–water partition coefficient (Wildman–Crippen LogP) is 0.0869. The van der Waals surface area contributed by atoms with Crippen molar-refractivity contribution in [1.82, 2.24) is 15.1 Å². The zero-order valence-electron chi connectivity index (χ0n) is 9.39. The first-order valence-corrected chi connectivity index (χ1v) is 7.20. The molecule has 0 saturated carbocycles. The molecule has 16 heavy (non-hydrogen) atoms. The van der Waals surface area contributed by atoms with Gasteiger partial charge in [0.15, 0.2) is 9.84 Å². The zero-order chi connectivity index (χ0) is 11.6. The van der Waals surface area contributed by atoms with Crippen LogP contribution in [0.2, 0.25) is 0 Å². The van der Waals surface area contributed by atoms with Crippen LogP contribution in [0.4, 0.5) is 0 Å². The maximum absolute atomic E-state index is 11.6. The highest BCUT2D eigenvalue weighted by atomic mass is 32.2. The van der Waals surface area contributed by atoms with Gasteiger partial charge in [-0.15, -0.1) is 0 Å². The summed E-state index contributed by atoms with van der Waals surface area (Å²) in [7, 11) is -0.945. The van der Waals surface area contributed by atoms with Crippen LogP contribution in [-0.4, -0.2) is 35.7 Å². The van der Waals surface area contributed by atoms with Crippen LogP contribution in [0.5, 0.6) is 0 Å². The van der Waals surface area contributed by atoms with Crippen molar-refractivity contribution in [3.63, 3.8) is 0 Å². The summed E-state index contributed by atoms with van der Waals surface area (Å²) in [4.78, 5) is 0. The lowest BCUT2D eigenvalue weighted by Crippen LogP contribution is -2.30. The van der Waals surface area contributed by atoms with Crippen molar-refractivity contribution in [2.45, 2.75) is 24.6 Å². The molecule has 0 aliphatic carbocycles. The second-order valence-corrected chi connectivity index (χ2v) is 6.61. The number of aryl methyl sites for hydroxylation is 1. The monoisotopic (exact) mass is 243 g/mol. The molecule has 5 nitrogen and oxygen atoms in total. The lowest BCUT2D eigenvalue weighted by molar-refractivity contribution is 0.566. The summed E-state index contributed by atoms with van der Waals surface area (Å²) in [5, 5.41) is 7.05. The average molecular weight is 243 g/mol. The molecule has 1 fully saturated rings. The lowest BCUT2D eigenvalue weighted by Gasteiger charge is -2.10. The third kappa shape index (κ3) is 2.44. The van der Waals surface area contributed by atoms with Crippen molar-refractivity contribution < 1.29 is 8.42 Å². The Bertz CT molecular complexity index is 452. The van der Waals surface area contributed by atoms with Gasteiger partial charge in [0.2, 0.25) is 0 Å². The SMILES string of the molecule is Cn1nccc1CNCC1CCCS1(=O)=O. The Morgan fingerprint density at radius 2 is 2.44 bits per heavy atom. The number of aromatic nitrogens is 2. The molecular weight excluding hydrogens is 226 g/mol. The molecule has 6 heteroatoms. The topological polar surface area (TPSA) is 64.0 Å². The van der Waals surface area contributed by atoms with Crippen LogP contribution in [0.15, 0.2) is 12.3 Å². The molecule has 1 unspecified atom stereocenters. The van der Waals surface area contributed by atoms with Crippen LogP contribution in [-0.2, 0) is 23.4 Å². The van der Waals surface area contributed by atoms with Crippen LogP contribution >= 0.6 is 0 Å². The van der Waals surface area contributed by atoms with Crippen molar-refractivity contribution in [1.29, 1.82) is 0 Å². The second kappa shape index (κ2) is 4.55. The van der Waals surface area contributed by atoms with Crippen LogP contribution in [0.3, 0.4) is 0 Å². The molecular formula is C10H17N3O2S. The summed E-state index contributed by atoms with van der Waals surface area (Å²) < 4.78 is 24.9. The molecule has 1 aliphatic rings. The Morgan fingerprint density at radius 1 is 1.62 bits per heavy atom. The van der Waals surface area contributed by atoms with Crippen molar-refractivity contribution >= 4 is 9.84 Å². The summed E-state index contributed by atoms with van der Waals surface area (Å²) >= 11 is 0. The van der Waals surface area contributed by atoms with E-state index in [-0.39, 0.29) is 5.25 Å². The van der Waals surface area contributed by atoms with Gasteiger partial charge in [0.05, 0.1) is 16.7 Å². The number of hydrogen-bond donors (Lipinski definition) is 1. The molecule has 1 saturated heterocycles. The first kappa shape index (κ1) is 11.6. The minimum atomic E-state index is -2.82. The smallest absolute Gasteiger partial charge is 0.154 e. The largest absolute Gasteiger partial charge is 0.310 e. The van der Waals surface area contributed by atoms with Gasteiger partial charge in [-0.2, -0.15) is 5.10 Å². The van der Waals surface area contributed by atoms with Crippen LogP contribution in [0.25, 0.3) is 0 Å². The highest BCUT2D eigenvalue weighted by Gasteiger charge is 2.30. The standard InChI is InChI=1S/C10H17N3O2S/c1-13-9(4-5-12-13)7-11-8-10-3-2-6-16(10,14)15/h4-5,10-11H,2-3,6-8H2,1H3. The van der Waals surface area contributed by atoms with E-state index in [1.807, 2.05) is 13.1 Å². The Morgan fingerprint density at radius 3 is 3.00 bits per heavy atom. The quantitative estimate of drug-likeness (QED) is 0.814. The highest BCUT2D eigenvalue weighted by Crippen LogP contribution is 2.19. The summed E-state index contributed by atoms with van der Waals surface area (Å²) in [6.45, 7) is 1.22.